The van der Waals surface area contributed by atoms with E-state index >= 15 is 0 Å². The van der Waals surface area contributed by atoms with E-state index in [2.05, 4.69) is 13.2 Å². The number of carboxylic acids is 1. The van der Waals surface area contributed by atoms with Gasteiger partial charge in [-0.05, 0) is 34.1 Å². The lowest BCUT2D eigenvalue weighted by Gasteiger charge is -2.26. The number of carboxylic acid groups (broad SMARTS) is 1. The first-order chi connectivity index (χ1) is 10.6. The Morgan fingerprint density at radius 3 is 2.43 bits per heavy atom. The van der Waals surface area contributed by atoms with E-state index in [0.29, 0.717) is 13.0 Å². The van der Waals surface area contributed by atoms with Crippen molar-refractivity contribution < 1.29 is 24.2 Å². The molecule has 1 N–H and O–H groups in total. The predicted molar refractivity (Wildman–Crippen MR) is 86.9 cm³/mol. The van der Waals surface area contributed by atoms with Gasteiger partial charge in [-0.2, -0.15) is 0 Å². The summed E-state index contributed by atoms with van der Waals surface area (Å²) in [6, 6.07) is -0.951. The van der Waals surface area contributed by atoms with Gasteiger partial charge < -0.3 is 14.6 Å². The van der Waals surface area contributed by atoms with Crippen molar-refractivity contribution in [3.8, 4) is 0 Å². The SMILES string of the molecule is C=COC(=O)N1C[C@H](C(=C)C)[C@@H](CCOC(C)(C)C)[C@@H]1C(=O)O. The van der Waals surface area contributed by atoms with Crippen LogP contribution in [0.2, 0.25) is 0 Å². The molecular formula is C17H27NO5. The Kier molecular flexibility index (Phi) is 6.38. The number of carbonyl (C=O) groups is 2. The zero-order valence-corrected chi connectivity index (χ0v) is 14.4. The summed E-state index contributed by atoms with van der Waals surface area (Å²) < 4.78 is 10.5. The van der Waals surface area contributed by atoms with Crippen LogP contribution in [-0.4, -0.2) is 46.9 Å². The van der Waals surface area contributed by atoms with Gasteiger partial charge in [0.05, 0.1) is 11.9 Å². The molecule has 3 atom stereocenters. The molecule has 0 aromatic heterocycles. The van der Waals surface area contributed by atoms with Gasteiger partial charge in [0.2, 0.25) is 0 Å². The first-order valence-corrected chi connectivity index (χ1v) is 7.68. The van der Waals surface area contributed by atoms with Crippen LogP contribution in [0.15, 0.2) is 25.0 Å². The fourth-order valence-corrected chi connectivity index (χ4v) is 2.94. The summed E-state index contributed by atoms with van der Waals surface area (Å²) in [5.41, 5.74) is 0.559. The van der Waals surface area contributed by atoms with Gasteiger partial charge in [-0.1, -0.05) is 18.7 Å². The van der Waals surface area contributed by atoms with Gasteiger partial charge in [-0.15, -0.1) is 0 Å². The standard InChI is InChI=1S/C17H27NO5/c1-7-22-16(21)18-10-13(11(2)3)12(14(18)15(19)20)8-9-23-17(4,5)6/h7,12-14H,1-2,8-10H2,3-6H3,(H,19,20)/t12-,13-,14-/m1/s1. The van der Waals surface area contributed by atoms with E-state index in [4.69, 9.17) is 9.47 Å². The van der Waals surface area contributed by atoms with Crippen LogP contribution in [0, 0.1) is 11.8 Å². The van der Waals surface area contributed by atoms with E-state index in [1.807, 2.05) is 27.7 Å². The van der Waals surface area contributed by atoms with Crippen LogP contribution in [-0.2, 0) is 14.3 Å². The van der Waals surface area contributed by atoms with Crippen LogP contribution in [0.1, 0.15) is 34.1 Å². The highest BCUT2D eigenvalue weighted by Gasteiger charge is 2.48. The van der Waals surface area contributed by atoms with Crippen molar-refractivity contribution in [1.29, 1.82) is 0 Å². The Hall–Kier alpha value is -1.82. The first kappa shape index (κ1) is 19.2. The van der Waals surface area contributed by atoms with Gasteiger partial charge in [-0.3, -0.25) is 4.90 Å². The summed E-state index contributed by atoms with van der Waals surface area (Å²) >= 11 is 0. The summed E-state index contributed by atoms with van der Waals surface area (Å²) in [5, 5.41) is 9.58. The molecule has 1 aliphatic rings. The number of likely N-dealkylation sites (tertiary alicyclic amines) is 1. The van der Waals surface area contributed by atoms with E-state index in [0.717, 1.165) is 11.8 Å². The number of hydrogen-bond acceptors (Lipinski definition) is 4. The van der Waals surface area contributed by atoms with Crippen molar-refractivity contribution in [2.75, 3.05) is 13.2 Å². The third-order valence-corrected chi connectivity index (χ3v) is 3.94. The van der Waals surface area contributed by atoms with Crippen molar-refractivity contribution in [2.45, 2.75) is 45.8 Å². The Balaban J connectivity index is 2.95. The molecular weight excluding hydrogens is 298 g/mol. The molecule has 1 rings (SSSR count). The molecule has 1 fully saturated rings. The zero-order valence-electron chi connectivity index (χ0n) is 14.4. The Morgan fingerprint density at radius 1 is 1.39 bits per heavy atom. The van der Waals surface area contributed by atoms with Crippen LogP contribution < -0.4 is 0 Å². The van der Waals surface area contributed by atoms with Crippen LogP contribution in [0.25, 0.3) is 0 Å². The van der Waals surface area contributed by atoms with E-state index in [9.17, 15) is 14.7 Å². The van der Waals surface area contributed by atoms with Gasteiger partial charge >= 0.3 is 12.1 Å². The zero-order chi connectivity index (χ0) is 17.8. The molecule has 0 unspecified atom stereocenters. The molecule has 1 heterocycles. The fraction of sp³-hybridized carbons (Fsp3) is 0.647. The van der Waals surface area contributed by atoms with Crippen LogP contribution in [0.3, 0.4) is 0 Å². The van der Waals surface area contributed by atoms with Gasteiger partial charge in [0.1, 0.15) is 6.04 Å². The normalized spacial score (nSPS) is 24.3. The van der Waals surface area contributed by atoms with Crippen molar-refractivity contribution in [2.24, 2.45) is 11.8 Å². The third kappa shape index (κ3) is 5.10. The molecule has 0 aromatic carbocycles. The molecule has 130 valence electrons. The minimum Gasteiger partial charge on any atom is -0.480 e. The summed E-state index contributed by atoms with van der Waals surface area (Å²) in [7, 11) is 0. The minimum absolute atomic E-state index is 0.1000. The molecule has 1 aliphatic heterocycles. The molecule has 6 heteroatoms. The number of nitrogens with zero attached hydrogens (tertiary/aromatic N) is 1. The van der Waals surface area contributed by atoms with E-state index < -0.39 is 18.1 Å². The summed E-state index contributed by atoms with van der Waals surface area (Å²) in [6.07, 6.45) is 0.842. The predicted octanol–water partition coefficient (Wildman–Crippen LogP) is 3.05. The quantitative estimate of drug-likeness (QED) is 0.600. The molecule has 0 saturated carbocycles. The smallest absolute Gasteiger partial charge is 0.415 e. The summed E-state index contributed by atoms with van der Waals surface area (Å²) in [5.74, 6) is -1.41. The maximum Gasteiger partial charge on any atom is 0.415 e. The average molecular weight is 325 g/mol. The second-order valence-electron chi connectivity index (χ2n) is 6.85. The van der Waals surface area contributed by atoms with Gasteiger partial charge in [0.15, 0.2) is 0 Å². The van der Waals surface area contributed by atoms with Crippen molar-refractivity contribution in [3.63, 3.8) is 0 Å². The lowest BCUT2D eigenvalue weighted by atomic mass is 9.84. The van der Waals surface area contributed by atoms with Crippen molar-refractivity contribution in [1.82, 2.24) is 4.90 Å². The monoisotopic (exact) mass is 325 g/mol. The highest BCUT2D eigenvalue weighted by molar-refractivity contribution is 5.81. The van der Waals surface area contributed by atoms with Crippen molar-refractivity contribution >= 4 is 12.1 Å². The maximum atomic E-state index is 12.0. The van der Waals surface area contributed by atoms with Gasteiger partial charge in [0.25, 0.3) is 0 Å². The summed E-state index contributed by atoms with van der Waals surface area (Å²) in [4.78, 5) is 25.0. The fourth-order valence-electron chi connectivity index (χ4n) is 2.94. The minimum atomic E-state index is -1.05. The second kappa shape index (κ2) is 7.64. The van der Waals surface area contributed by atoms with Crippen LogP contribution in [0.5, 0.6) is 0 Å². The largest absolute Gasteiger partial charge is 0.480 e. The van der Waals surface area contributed by atoms with Crippen LogP contribution in [0.4, 0.5) is 4.79 Å². The number of aliphatic carboxylic acids is 1. The topological polar surface area (TPSA) is 76.1 Å². The Bertz CT molecular complexity index is 480. The Labute approximate surface area is 137 Å². The van der Waals surface area contributed by atoms with E-state index in [-0.39, 0.29) is 24.0 Å². The highest BCUT2D eigenvalue weighted by atomic mass is 16.5. The lowest BCUT2D eigenvalue weighted by Crippen LogP contribution is -2.43. The van der Waals surface area contributed by atoms with E-state index in [1.165, 1.54) is 4.90 Å². The number of amides is 1. The van der Waals surface area contributed by atoms with E-state index in [1.54, 1.807) is 0 Å². The molecule has 0 aliphatic carbocycles. The molecule has 0 spiro atoms. The van der Waals surface area contributed by atoms with Crippen LogP contribution >= 0.6 is 0 Å². The molecule has 0 radical (unpaired) electrons. The third-order valence-electron chi connectivity index (χ3n) is 3.94. The summed E-state index contributed by atoms with van der Waals surface area (Å²) in [6.45, 7) is 15.7. The molecule has 23 heavy (non-hydrogen) atoms. The Morgan fingerprint density at radius 2 is 2.00 bits per heavy atom. The number of rotatable bonds is 6. The second-order valence-corrected chi connectivity index (χ2v) is 6.85. The van der Waals surface area contributed by atoms with Gasteiger partial charge in [-0.25, -0.2) is 9.59 Å². The number of carbonyl (C=O) groups excluding carboxylic acids is 1. The molecule has 1 saturated heterocycles. The average Bonchev–Trinajstić information content (AvgIpc) is 2.77. The molecule has 0 aromatic rings. The number of ether oxygens (including phenoxy) is 2. The lowest BCUT2D eigenvalue weighted by molar-refractivity contribution is -0.143. The van der Waals surface area contributed by atoms with Crippen molar-refractivity contribution in [3.05, 3.63) is 25.0 Å². The molecule has 6 nitrogen and oxygen atoms in total. The maximum absolute atomic E-state index is 12.0. The number of hydrogen-bond donors (Lipinski definition) is 1. The first-order valence-electron chi connectivity index (χ1n) is 7.68. The highest BCUT2D eigenvalue weighted by Crippen LogP contribution is 2.37. The molecule has 0 bridgehead atoms. The molecule has 1 amide bonds. The van der Waals surface area contributed by atoms with Gasteiger partial charge in [0, 0.05) is 25.0 Å².